The summed E-state index contributed by atoms with van der Waals surface area (Å²) < 4.78 is 17.8. The maximum atomic E-state index is 6.04. The van der Waals surface area contributed by atoms with Gasteiger partial charge in [-0.2, -0.15) is 0 Å². The third kappa shape index (κ3) is 2.27. The topological polar surface area (TPSA) is 27.7 Å². The fourth-order valence-corrected chi connectivity index (χ4v) is 2.56. The van der Waals surface area contributed by atoms with Gasteiger partial charge in [-0.25, -0.2) is 0 Å². The molecule has 0 unspecified atom stereocenters. The molecule has 3 nitrogen and oxygen atoms in total. The van der Waals surface area contributed by atoms with Crippen molar-refractivity contribution in [2.24, 2.45) is 0 Å². The molecule has 3 rings (SSSR count). The average molecular weight is 272 g/mol. The predicted molar refractivity (Wildman–Crippen MR) is 80.6 cm³/mol. The number of rotatable bonds is 1. The highest BCUT2D eigenvalue weighted by atomic mass is 16.7. The molecular formula is C16H21BO3. The first-order chi connectivity index (χ1) is 9.39. The fourth-order valence-electron chi connectivity index (χ4n) is 2.56. The van der Waals surface area contributed by atoms with Gasteiger partial charge in [0, 0.05) is 12.0 Å². The van der Waals surface area contributed by atoms with Crippen molar-refractivity contribution in [3.8, 4) is 5.75 Å². The molecule has 4 heteroatoms. The Morgan fingerprint density at radius 3 is 2.40 bits per heavy atom. The molecule has 0 atom stereocenters. The molecule has 2 aliphatic heterocycles. The quantitative estimate of drug-likeness (QED) is 0.732. The Kier molecular flexibility index (Phi) is 3.18. The zero-order valence-electron chi connectivity index (χ0n) is 12.6. The number of fused-ring (bicyclic) bond motifs is 1. The molecule has 1 saturated heterocycles. The normalized spacial score (nSPS) is 25.4. The van der Waals surface area contributed by atoms with Gasteiger partial charge < -0.3 is 14.0 Å². The molecule has 2 heterocycles. The lowest BCUT2D eigenvalue weighted by atomic mass is 9.83. The van der Waals surface area contributed by atoms with Crippen LogP contribution >= 0.6 is 0 Å². The summed E-state index contributed by atoms with van der Waals surface area (Å²) in [5, 5.41) is 0. The van der Waals surface area contributed by atoms with E-state index >= 15 is 0 Å². The Hall–Kier alpha value is -1.26. The van der Waals surface area contributed by atoms with Gasteiger partial charge in [0.05, 0.1) is 17.8 Å². The van der Waals surface area contributed by atoms with E-state index in [1.165, 1.54) is 5.57 Å². The number of hydrogen-bond acceptors (Lipinski definition) is 3. The van der Waals surface area contributed by atoms with E-state index in [2.05, 4.69) is 39.7 Å². The molecule has 0 amide bonds. The number of para-hydroxylation sites is 1. The first-order valence-corrected chi connectivity index (χ1v) is 7.18. The Morgan fingerprint density at radius 2 is 1.70 bits per heavy atom. The lowest BCUT2D eigenvalue weighted by Gasteiger charge is -2.32. The van der Waals surface area contributed by atoms with Crippen molar-refractivity contribution in [2.75, 3.05) is 6.61 Å². The van der Waals surface area contributed by atoms with Crippen LogP contribution in [0.1, 0.15) is 39.7 Å². The average Bonchev–Trinajstić information content (AvgIpc) is 2.58. The van der Waals surface area contributed by atoms with Crippen LogP contribution in [0.15, 0.2) is 30.2 Å². The van der Waals surface area contributed by atoms with Crippen LogP contribution in [-0.2, 0) is 9.31 Å². The SMILES string of the molecule is CC1(C)OB(/C=C2/CCOc3ccccc32)OC1(C)C. The Labute approximate surface area is 121 Å². The van der Waals surface area contributed by atoms with Gasteiger partial charge in [-0.05, 0) is 39.3 Å². The highest BCUT2D eigenvalue weighted by Crippen LogP contribution is 2.39. The summed E-state index contributed by atoms with van der Waals surface area (Å²) in [6.07, 6.45) is 0.890. The highest BCUT2D eigenvalue weighted by Gasteiger charge is 2.50. The summed E-state index contributed by atoms with van der Waals surface area (Å²) in [6.45, 7) is 9.00. The molecule has 106 valence electrons. The van der Waals surface area contributed by atoms with Crippen LogP contribution in [0.5, 0.6) is 5.75 Å². The monoisotopic (exact) mass is 272 g/mol. The summed E-state index contributed by atoms with van der Waals surface area (Å²) >= 11 is 0. The van der Waals surface area contributed by atoms with Crippen molar-refractivity contribution < 1.29 is 14.0 Å². The van der Waals surface area contributed by atoms with E-state index in [0.29, 0.717) is 6.61 Å². The molecule has 0 N–H and O–H groups in total. The molecule has 1 aromatic rings. The van der Waals surface area contributed by atoms with Crippen molar-refractivity contribution in [1.29, 1.82) is 0 Å². The predicted octanol–water partition coefficient (Wildman–Crippen LogP) is 3.48. The van der Waals surface area contributed by atoms with E-state index in [1.807, 2.05) is 18.2 Å². The fraction of sp³-hybridized carbons (Fsp3) is 0.500. The Morgan fingerprint density at radius 1 is 1.05 bits per heavy atom. The third-order valence-corrected chi connectivity index (χ3v) is 4.47. The van der Waals surface area contributed by atoms with E-state index < -0.39 is 0 Å². The van der Waals surface area contributed by atoms with Crippen LogP contribution in [0.2, 0.25) is 0 Å². The second-order valence-electron chi connectivity index (χ2n) is 6.41. The second-order valence-corrected chi connectivity index (χ2v) is 6.41. The third-order valence-electron chi connectivity index (χ3n) is 4.47. The molecule has 0 aliphatic carbocycles. The van der Waals surface area contributed by atoms with Gasteiger partial charge in [-0.15, -0.1) is 0 Å². The lowest BCUT2D eigenvalue weighted by molar-refractivity contribution is 0.00578. The van der Waals surface area contributed by atoms with Crippen LogP contribution in [0.4, 0.5) is 0 Å². The molecule has 0 bridgehead atoms. The van der Waals surface area contributed by atoms with Crippen molar-refractivity contribution >= 4 is 12.7 Å². The molecule has 20 heavy (non-hydrogen) atoms. The zero-order valence-corrected chi connectivity index (χ0v) is 12.6. The Bertz CT molecular complexity index is 532. The van der Waals surface area contributed by atoms with Crippen LogP contribution in [0, 0.1) is 0 Å². The number of ether oxygens (including phenoxy) is 1. The molecule has 1 aromatic carbocycles. The van der Waals surface area contributed by atoms with Gasteiger partial charge >= 0.3 is 7.12 Å². The van der Waals surface area contributed by atoms with E-state index in [4.69, 9.17) is 14.0 Å². The minimum Gasteiger partial charge on any atom is -0.493 e. The molecule has 0 radical (unpaired) electrons. The maximum absolute atomic E-state index is 6.04. The van der Waals surface area contributed by atoms with Crippen LogP contribution in [0.25, 0.3) is 5.57 Å². The number of benzene rings is 1. The minimum atomic E-state index is -0.292. The molecule has 0 aromatic heterocycles. The first kappa shape index (κ1) is 13.7. The largest absolute Gasteiger partial charge is 0.493 e. The summed E-state index contributed by atoms with van der Waals surface area (Å²) in [5.41, 5.74) is 1.80. The summed E-state index contributed by atoms with van der Waals surface area (Å²) in [7, 11) is -0.291. The maximum Gasteiger partial charge on any atom is 0.487 e. The van der Waals surface area contributed by atoms with Gasteiger partial charge in [-0.3, -0.25) is 0 Å². The summed E-state index contributed by atoms with van der Waals surface area (Å²) in [5.74, 6) is 3.04. The Balaban J connectivity index is 1.88. The standard InChI is InChI=1S/C16H21BO3/c1-15(2)16(3,4)20-17(19-15)11-12-9-10-18-14-8-6-5-7-13(12)14/h5-8,11H,9-10H2,1-4H3/b12-11-. The molecule has 2 aliphatic rings. The van der Waals surface area contributed by atoms with Crippen LogP contribution < -0.4 is 4.74 Å². The summed E-state index contributed by atoms with van der Waals surface area (Å²) in [4.78, 5) is 0. The molecule has 0 saturated carbocycles. The lowest BCUT2D eigenvalue weighted by Crippen LogP contribution is -2.41. The molecule has 1 fully saturated rings. The van der Waals surface area contributed by atoms with E-state index in [1.54, 1.807) is 0 Å². The van der Waals surface area contributed by atoms with Crippen molar-refractivity contribution in [3.05, 3.63) is 35.8 Å². The second kappa shape index (κ2) is 4.64. The first-order valence-electron chi connectivity index (χ1n) is 7.18. The molecular weight excluding hydrogens is 251 g/mol. The zero-order chi connectivity index (χ0) is 14.4. The van der Waals surface area contributed by atoms with Gasteiger partial charge in [0.2, 0.25) is 0 Å². The van der Waals surface area contributed by atoms with E-state index in [-0.39, 0.29) is 18.3 Å². The van der Waals surface area contributed by atoms with Gasteiger partial charge in [0.1, 0.15) is 5.75 Å². The highest BCUT2D eigenvalue weighted by molar-refractivity contribution is 6.53. The van der Waals surface area contributed by atoms with Crippen molar-refractivity contribution in [1.82, 2.24) is 0 Å². The van der Waals surface area contributed by atoms with E-state index in [0.717, 1.165) is 17.7 Å². The van der Waals surface area contributed by atoms with Crippen molar-refractivity contribution in [2.45, 2.75) is 45.3 Å². The van der Waals surface area contributed by atoms with Gasteiger partial charge in [0.15, 0.2) is 0 Å². The smallest absolute Gasteiger partial charge is 0.487 e. The van der Waals surface area contributed by atoms with Crippen LogP contribution in [-0.4, -0.2) is 24.9 Å². The summed E-state index contributed by atoms with van der Waals surface area (Å²) in [6, 6.07) is 8.13. The molecule has 0 spiro atoms. The van der Waals surface area contributed by atoms with E-state index in [9.17, 15) is 0 Å². The van der Waals surface area contributed by atoms with Crippen molar-refractivity contribution in [3.63, 3.8) is 0 Å². The van der Waals surface area contributed by atoms with Crippen LogP contribution in [0.3, 0.4) is 0 Å². The van der Waals surface area contributed by atoms with Gasteiger partial charge in [-0.1, -0.05) is 24.2 Å². The number of hydrogen-bond donors (Lipinski definition) is 0. The minimum absolute atomic E-state index is 0.291. The van der Waals surface area contributed by atoms with Gasteiger partial charge in [0.25, 0.3) is 0 Å².